The Labute approximate surface area is 153 Å². The summed E-state index contributed by atoms with van der Waals surface area (Å²) in [5.74, 6) is -0.450. The molecule has 1 saturated heterocycles. The first-order valence-electron chi connectivity index (χ1n) is 8.64. The van der Waals surface area contributed by atoms with E-state index in [0.29, 0.717) is 18.5 Å². The maximum atomic E-state index is 13.3. The molecule has 0 bridgehead atoms. The Morgan fingerprint density at radius 3 is 2.69 bits per heavy atom. The zero-order valence-electron chi connectivity index (χ0n) is 14.9. The molecule has 0 saturated carbocycles. The molecule has 1 atom stereocenters. The van der Waals surface area contributed by atoms with Crippen molar-refractivity contribution in [3.8, 4) is 6.01 Å². The van der Waals surface area contributed by atoms with Crippen molar-refractivity contribution in [1.82, 2.24) is 14.3 Å². The number of aryl methyl sites for hydroxylation is 2. The fraction of sp³-hybridized carbons (Fsp3) is 0.444. The highest BCUT2D eigenvalue weighted by Gasteiger charge is 2.32. The monoisotopic (exact) mass is 379 g/mol. The van der Waals surface area contributed by atoms with Crippen LogP contribution in [0.5, 0.6) is 6.01 Å². The maximum absolute atomic E-state index is 13.3. The van der Waals surface area contributed by atoms with Gasteiger partial charge in [-0.3, -0.25) is 0 Å². The van der Waals surface area contributed by atoms with E-state index < -0.39 is 15.8 Å². The largest absolute Gasteiger partial charge is 0.459 e. The molecule has 0 amide bonds. The van der Waals surface area contributed by atoms with Crippen LogP contribution < -0.4 is 4.74 Å². The Hall–Kier alpha value is -2.06. The number of rotatable bonds is 5. The van der Waals surface area contributed by atoms with Crippen LogP contribution in [0.4, 0.5) is 4.39 Å². The van der Waals surface area contributed by atoms with Gasteiger partial charge in [0.25, 0.3) is 0 Å². The number of nitrogens with zero attached hydrogens (tertiary/aromatic N) is 3. The Morgan fingerprint density at radius 1 is 1.31 bits per heavy atom. The standard InChI is InChI=1S/C18H22FN3O3S/c1-3-14-10-20-18(21-11-14)25-16-5-4-8-22(12-16)26(23,24)17-7-6-15(19)9-13(17)2/h6-7,9-11,16H,3-5,8,12H2,1-2H3. The number of ether oxygens (including phenoxy) is 1. The van der Waals surface area contributed by atoms with Gasteiger partial charge in [-0.2, -0.15) is 4.31 Å². The van der Waals surface area contributed by atoms with E-state index in [1.54, 1.807) is 19.3 Å². The SMILES string of the molecule is CCc1cnc(OC2CCCN(S(=O)(=O)c3ccc(F)cc3C)C2)nc1. The lowest BCUT2D eigenvalue weighted by atomic mass is 10.1. The van der Waals surface area contributed by atoms with Crippen LogP contribution in [0.3, 0.4) is 0 Å². The van der Waals surface area contributed by atoms with Gasteiger partial charge in [-0.1, -0.05) is 6.92 Å². The molecule has 1 fully saturated rings. The second kappa shape index (κ2) is 7.67. The van der Waals surface area contributed by atoms with Crippen molar-refractivity contribution < 1.29 is 17.5 Å². The fourth-order valence-corrected chi connectivity index (χ4v) is 4.71. The quantitative estimate of drug-likeness (QED) is 0.799. The molecule has 6 nitrogen and oxygen atoms in total. The summed E-state index contributed by atoms with van der Waals surface area (Å²) in [6, 6.07) is 3.97. The van der Waals surface area contributed by atoms with E-state index in [1.807, 2.05) is 6.92 Å². The first kappa shape index (κ1) is 18.7. The number of benzene rings is 1. The van der Waals surface area contributed by atoms with Crippen molar-refractivity contribution in [3.05, 3.63) is 47.5 Å². The van der Waals surface area contributed by atoms with Gasteiger partial charge in [-0.15, -0.1) is 0 Å². The summed E-state index contributed by atoms with van der Waals surface area (Å²) in [5.41, 5.74) is 1.41. The van der Waals surface area contributed by atoms with Crippen molar-refractivity contribution in [2.75, 3.05) is 13.1 Å². The third-order valence-electron chi connectivity index (χ3n) is 4.46. The first-order valence-corrected chi connectivity index (χ1v) is 10.1. The van der Waals surface area contributed by atoms with E-state index in [9.17, 15) is 12.8 Å². The average molecular weight is 379 g/mol. The van der Waals surface area contributed by atoms with Crippen LogP contribution in [-0.2, 0) is 16.4 Å². The lowest BCUT2D eigenvalue weighted by Gasteiger charge is -2.31. The first-order chi connectivity index (χ1) is 12.4. The van der Waals surface area contributed by atoms with Gasteiger partial charge in [0, 0.05) is 18.9 Å². The molecule has 1 aliphatic heterocycles. The number of sulfonamides is 1. The zero-order valence-corrected chi connectivity index (χ0v) is 15.7. The average Bonchev–Trinajstić information content (AvgIpc) is 2.62. The van der Waals surface area contributed by atoms with Crippen molar-refractivity contribution in [2.24, 2.45) is 0 Å². The molecule has 1 aromatic carbocycles. The predicted octanol–water partition coefficient (Wildman–Crippen LogP) is 2.72. The summed E-state index contributed by atoms with van der Waals surface area (Å²) in [6.45, 7) is 4.24. The van der Waals surface area contributed by atoms with Crippen molar-refractivity contribution in [1.29, 1.82) is 0 Å². The molecule has 2 heterocycles. The normalized spacial score (nSPS) is 18.7. The molecular formula is C18H22FN3O3S. The van der Waals surface area contributed by atoms with Gasteiger partial charge in [-0.05, 0) is 55.5 Å². The van der Waals surface area contributed by atoms with Crippen LogP contribution in [-0.4, -0.2) is 41.9 Å². The van der Waals surface area contributed by atoms with E-state index in [4.69, 9.17) is 4.74 Å². The van der Waals surface area contributed by atoms with Crippen LogP contribution in [0.25, 0.3) is 0 Å². The van der Waals surface area contributed by atoms with E-state index in [1.165, 1.54) is 22.5 Å². The van der Waals surface area contributed by atoms with E-state index in [2.05, 4.69) is 9.97 Å². The molecule has 26 heavy (non-hydrogen) atoms. The summed E-state index contributed by atoms with van der Waals surface area (Å²) in [7, 11) is -3.70. The van der Waals surface area contributed by atoms with Crippen LogP contribution in [0.1, 0.15) is 30.9 Å². The second-order valence-electron chi connectivity index (χ2n) is 6.38. The third-order valence-corrected chi connectivity index (χ3v) is 6.48. The molecule has 0 N–H and O–H groups in total. The minimum absolute atomic E-state index is 0.128. The molecule has 1 aliphatic rings. The minimum Gasteiger partial charge on any atom is -0.459 e. The van der Waals surface area contributed by atoms with Crippen LogP contribution in [0, 0.1) is 12.7 Å². The van der Waals surface area contributed by atoms with Gasteiger partial charge in [0.05, 0.1) is 11.4 Å². The highest BCUT2D eigenvalue weighted by Crippen LogP contribution is 2.25. The number of halogens is 1. The summed E-state index contributed by atoms with van der Waals surface area (Å²) in [6.07, 6.45) is 5.35. The Bertz CT molecular complexity index is 872. The number of hydrogen-bond acceptors (Lipinski definition) is 5. The Balaban J connectivity index is 1.74. The minimum atomic E-state index is -3.70. The molecule has 0 spiro atoms. The maximum Gasteiger partial charge on any atom is 0.316 e. The smallest absolute Gasteiger partial charge is 0.316 e. The van der Waals surface area contributed by atoms with E-state index >= 15 is 0 Å². The summed E-state index contributed by atoms with van der Waals surface area (Å²) in [4.78, 5) is 8.47. The Kier molecular flexibility index (Phi) is 5.52. The topological polar surface area (TPSA) is 72.4 Å². The van der Waals surface area contributed by atoms with Gasteiger partial charge in [0.15, 0.2) is 0 Å². The lowest BCUT2D eigenvalue weighted by Crippen LogP contribution is -2.44. The second-order valence-corrected chi connectivity index (χ2v) is 8.29. The molecule has 0 radical (unpaired) electrons. The third kappa shape index (κ3) is 4.02. The van der Waals surface area contributed by atoms with Crippen molar-refractivity contribution >= 4 is 10.0 Å². The van der Waals surface area contributed by atoms with Crippen LogP contribution in [0.2, 0.25) is 0 Å². The van der Waals surface area contributed by atoms with Gasteiger partial charge in [0.1, 0.15) is 11.9 Å². The van der Waals surface area contributed by atoms with Crippen molar-refractivity contribution in [3.63, 3.8) is 0 Å². The number of hydrogen-bond donors (Lipinski definition) is 0. The highest BCUT2D eigenvalue weighted by molar-refractivity contribution is 7.89. The van der Waals surface area contributed by atoms with Crippen molar-refractivity contribution in [2.45, 2.75) is 44.1 Å². The number of piperidine rings is 1. The summed E-state index contributed by atoms with van der Waals surface area (Å²) >= 11 is 0. The van der Waals surface area contributed by atoms with Crippen LogP contribution in [0.15, 0.2) is 35.5 Å². The van der Waals surface area contributed by atoms with Gasteiger partial charge in [-0.25, -0.2) is 22.8 Å². The predicted molar refractivity (Wildman–Crippen MR) is 95.0 cm³/mol. The van der Waals surface area contributed by atoms with Gasteiger partial charge >= 0.3 is 6.01 Å². The Morgan fingerprint density at radius 2 is 2.04 bits per heavy atom. The zero-order chi connectivity index (χ0) is 18.7. The van der Waals surface area contributed by atoms with Crippen LogP contribution >= 0.6 is 0 Å². The van der Waals surface area contributed by atoms with Gasteiger partial charge in [0.2, 0.25) is 10.0 Å². The molecule has 3 rings (SSSR count). The molecule has 0 aliphatic carbocycles. The molecule has 140 valence electrons. The van der Waals surface area contributed by atoms with E-state index in [0.717, 1.165) is 18.4 Å². The molecular weight excluding hydrogens is 357 g/mol. The van der Waals surface area contributed by atoms with E-state index in [-0.39, 0.29) is 23.6 Å². The number of aromatic nitrogens is 2. The molecule has 1 aromatic heterocycles. The molecule has 1 unspecified atom stereocenters. The summed E-state index contributed by atoms with van der Waals surface area (Å²) in [5, 5.41) is 0. The lowest BCUT2D eigenvalue weighted by molar-refractivity contribution is 0.119. The highest BCUT2D eigenvalue weighted by atomic mass is 32.2. The summed E-state index contributed by atoms with van der Waals surface area (Å²) < 4.78 is 46.3. The molecule has 2 aromatic rings. The van der Waals surface area contributed by atoms with Gasteiger partial charge < -0.3 is 4.74 Å². The fourth-order valence-electron chi connectivity index (χ4n) is 3.00. The molecule has 8 heteroatoms.